The van der Waals surface area contributed by atoms with E-state index >= 15 is 0 Å². The van der Waals surface area contributed by atoms with Crippen LogP contribution in [0.15, 0.2) is 42.2 Å². The zero-order chi connectivity index (χ0) is 14.9. The average molecular weight is 301 g/mol. The molecule has 0 N–H and O–H groups in total. The molecule has 2 aromatic rings. The minimum Gasteiger partial charge on any atom is -0.244 e. The minimum atomic E-state index is -3.45. The van der Waals surface area contributed by atoms with E-state index in [9.17, 15) is 8.42 Å². The summed E-state index contributed by atoms with van der Waals surface area (Å²) < 4.78 is 26.1. The summed E-state index contributed by atoms with van der Waals surface area (Å²) in [4.78, 5) is 8.03. The first kappa shape index (κ1) is 13.9. The summed E-state index contributed by atoms with van der Waals surface area (Å²) in [5.74, 6) is 0. The Morgan fingerprint density at radius 2 is 1.95 bits per heavy atom. The van der Waals surface area contributed by atoms with Crippen LogP contribution >= 0.6 is 0 Å². The van der Waals surface area contributed by atoms with E-state index in [-0.39, 0.29) is 0 Å². The Hall–Kier alpha value is -2.05. The van der Waals surface area contributed by atoms with Gasteiger partial charge in [-0.05, 0) is 18.6 Å². The van der Waals surface area contributed by atoms with Gasteiger partial charge in [-0.2, -0.15) is 4.31 Å². The van der Waals surface area contributed by atoms with Crippen molar-refractivity contribution < 1.29 is 8.42 Å². The van der Waals surface area contributed by atoms with Crippen molar-refractivity contribution in [1.82, 2.24) is 14.3 Å². The number of nitrogens with zero attached hydrogens (tertiary/aromatic N) is 3. The number of aryl methyl sites for hydroxylation is 1. The maximum atomic E-state index is 12.3. The van der Waals surface area contributed by atoms with E-state index in [2.05, 4.69) is 9.97 Å². The predicted octanol–water partition coefficient (Wildman–Crippen LogP) is 2.10. The summed E-state index contributed by atoms with van der Waals surface area (Å²) in [5.41, 5.74) is 3.64. The Kier molecular flexibility index (Phi) is 3.57. The number of fused-ring (bicyclic) bond motifs is 1. The van der Waals surface area contributed by atoms with E-state index < -0.39 is 10.0 Å². The van der Waals surface area contributed by atoms with Gasteiger partial charge in [-0.25, -0.2) is 18.4 Å². The van der Waals surface area contributed by atoms with Gasteiger partial charge in [0.2, 0.25) is 10.0 Å². The largest absolute Gasteiger partial charge is 0.244 e. The summed E-state index contributed by atoms with van der Waals surface area (Å²) in [6.45, 7) is 2.63. The quantitative estimate of drug-likeness (QED) is 0.871. The van der Waals surface area contributed by atoms with E-state index in [4.69, 9.17) is 0 Å². The van der Waals surface area contributed by atoms with Gasteiger partial charge in [0, 0.05) is 23.7 Å². The van der Waals surface area contributed by atoms with Crippen LogP contribution in [0.2, 0.25) is 0 Å². The second-order valence-corrected chi connectivity index (χ2v) is 6.84. The number of hydrogen-bond donors (Lipinski definition) is 0. The lowest BCUT2D eigenvalue weighted by Crippen LogP contribution is -2.23. The summed E-state index contributed by atoms with van der Waals surface area (Å²) in [5, 5.41) is 1.25. The van der Waals surface area contributed by atoms with E-state index in [0.717, 1.165) is 22.4 Å². The fourth-order valence-electron chi connectivity index (χ4n) is 2.18. The van der Waals surface area contributed by atoms with E-state index in [1.165, 1.54) is 16.0 Å². The number of sulfonamides is 1. The molecule has 1 aromatic heterocycles. The molecule has 21 heavy (non-hydrogen) atoms. The molecule has 6 heteroatoms. The van der Waals surface area contributed by atoms with Crippen LogP contribution in [-0.2, 0) is 23.1 Å². The fraction of sp³-hybridized carbons (Fsp3) is 0.200. The van der Waals surface area contributed by atoms with Crippen molar-refractivity contribution in [1.29, 1.82) is 0 Å². The first-order valence-corrected chi connectivity index (χ1v) is 8.07. The van der Waals surface area contributed by atoms with Crippen molar-refractivity contribution in [3.63, 3.8) is 0 Å². The molecule has 0 saturated heterocycles. The van der Waals surface area contributed by atoms with Crippen LogP contribution in [0, 0.1) is 6.92 Å². The van der Waals surface area contributed by atoms with Gasteiger partial charge in [-0.3, -0.25) is 0 Å². The minimum absolute atomic E-state index is 0.304. The van der Waals surface area contributed by atoms with Crippen molar-refractivity contribution in [2.75, 3.05) is 0 Å². The van der Waals surface area contributed by atoms with Crippen LogP contribution in [0.25, 0.3) is 6.08 Å². The Morgan fingerprint density at radius 3 is 2.67 bits per heavy atom. The first-order chi connectivity index (χ1) is 10.0. The molecule has 0 radical (unpaired) electrons. The molecule has 0 saturated carbocycles. The van der Waals surface area contributed by atoms with Gasteiger partial charge >= 0.3 is 0 Å². The molecule has 3 rings (SSSR count). The molecule has 1 aromatic carbocycles. The molecule has 108 valence electrons. The van der Waals surface area contributed by atoms with Crippen molar-refractivity contribution in [2.24, 2.45) is 0 Å². The van der Waals surface area contributed by atoms with E-state index in [0.29, 0.717) is 13.1 Å². The molecule has 1 aliphatic rings. The normalized spacial score (nSPS) is 15.5. The second-order valence-electron chi connectivity index (χ2n) is 5.02. The summed E-state index contributed by atoms with van der Waals surface area (Å²) in [6, 6.07) is 7.69. The van der Waals surface area contributed by atoms with Crippen LogP contribution in [0.5, 0.6) is 0 Å². The number of hydrogen-bond acceptors (Lipinski definition) is 4. The first-order valence-electron chi connectivity index (χ1n) is 6.57. The summed E-state index contributed by atoms with van der Waals surface area (Å²) >= 11 is 0. The van der Waals surface area contributed by atoms with Crippen LogP contribution in [0.4, 0.5) is 0 Å². The van der Waals surface area contributed by atoms with Gasteiger partial charge in [-0.1, -0.05) is 29.8 Å². The Balaban J connectivity index is 1.78. The van der Waals surface area contributed by atoms with Gasteiger partial charge in [0.1, 0.15) is 6.33 Å². The zero-order valence-electron chi connectivity index (χ0n) is 11.6. The monoisotopic (exact) mass is 301 g/mol. The lowest BCUT2D eigenvalue weighted by molar-refractivity contribution is 0.437. The highest BCUT2D eigenvalue weighted by Crippen LogP contribution is 2.23. The van der Waals surface area contributed by atoms with Gasteiger partial charge in [0.25, 0.3) is 0 Å². The zero-order valence-corrected chi connectivity index (χ0v) is 12.4. The molecule has 0 atom stereocenters. The third-order valence-corrected chi connectivity index (χ3v) is 4.88. The second kappa shape index (κ2) is 5.38. The fourth-order valence-corrected chi connectivity index (χ4v) is 3.30. The highest BCUT2D eigenvalue weighted by molar-refractivity contribution is 7.92. The Labute approximate surface area is 124 Å². The molecule has 0 spiro atoms. The third-order valence-electron chi connectivity index (χ3n) is 3.42. The van der Waals surface area contributed by atoms with Gasteiger partial charge in [0.05, 0.1) is 12.2 Å². The molecule has 5 nitrogen and oxygen atoms in total. The molecule has 2 heterocycles. The van der Waals surface area contributed by atoms with Crippen molar-refractivity contribution in [3.05, 3.63) is 64.6 Å². The molecule has 0 fully saturated rings. The van der Waals surface area contributed by atoms with Gasteiger partial charge < -0.3 is 0 Å². The van der Waals surface area contributed by atoms with E-state index in [1.807, 2.05) is 31.2 Å². The maximum Gasteiger partial charge on any atom is 0.236 e. The van der Waals surface area contributed by atoms with Crippen molar-refractivity contribution in [3.8, 4) is 0 Å². The van der Waals surface area contributed by atoms with Gasteiger partial charge in [0.15, 0.2) is 0 Å². The number of benzene rings is 1. The molecule has 0 aliphatic carbocycles. The number of aromatic nitrogens is 2. The third kappa shape index (κ3) is 3.01. The SMILES string of the molecule is Cc1ccc(/C=C/S(=O)(=O)N2Cc3cncnc3C2)cc1. The lowest BCUT2D eigenvalue weighted by Gasteiger charge is -2.11. The molecular weight excluding hydrogens is 286 g/mol. The van der Waals surface area contributed by atoms with Crippen LogP contribution in [-0.4, -0.2) is 22.7 Å². The molecule has 0 amide bonds. The maximum absolute atomic E-state index is 12.3. The Bertz CT molecular complexity index is 758. The summed E-state index contributed by atoms with van der Waals surface area (Å²) in [7, 11) is -3.45. The topological polar surface area (TPSA) is 63.2 Å². The average Bonchev–Trinajstić information content (AvgIpc) is 2.91. The van der Waals surface area contributed by atoms with Crippen LogP contribution in [0.1, 0.15) is 22.4 Å². The van der Waals surface area contributed by atoms with E-state index in [1.54, 1.807) is 12.3 Å². The van der Waals surface area contributed by atoms with Crippen LogP contribution < -0.4 is 0 Å². The highest BCUT2D eigenvalue weighted by atomic mass is 32.2. The Morgan fingerprint density at radius 1 is 1.19 bits per heavy atom. The summed E-state index contributed by atoms with van der Waals surface area (Å²) in [6.07, 6.45) is 4.72. The molecule has 0 unspecified atom stereocenters. The van der Waals surface area contributed by atoms with Crippen molar-refractivity contribution in [2.45, 2.75) is 20.0 Å². The smallest absolute Gasteiger partial charge is 0.236 e. The van der Waals surface area contributed by atoms with Crippen molar-refractivity contribution >= 4 is 16.1 Å². The molecule has 0 bridgehead atoms. The highest BCUT2D eigenvalue weighted by Gasteiger charge is 2.28. The van der Waals surface area contributed by atoms with Gasteiger partial charge in [-0.15, -0.1) is 0 Å². The lowest BCUT2D eigenvalue weighted by atomic mass is 10.2. The van der Waals surface area contributed by atoms with Crippen LogP contribution in [0.3, 0.4) is 0 Å². The molecular formula is C15H15N3O2S. The number of rotatable bonds is 3. The standard InChI is InChI=1S/C15H15N3O2S/c1-12-2-4-13(5-3-12)6-7-21(19,20)18-9-14-8-16-11-17-15(14)10-18/h2-8,11H,9-10H2,1H3/b7-6+. The molecule has 1 aliphatic heterocycles. The predicted molar refractivity (Wildman–Crippen MR) is 80.4 cm³/mol.